The number of hydrogen-bond donors (Lipinski definition) is 2. The molecule has 2 heterocycles. The van der Waals surface area contributed by atoms with Crippen LogP contribution in [-0.2, 0) is 0 Å². The summed E-state index contributed by atoms with van der Waals surface area (Å²) in [4.78, 5) is 18.6. The van der Waals surface area contributed by atoms with E-state index < -0.39 is 0 Å². The van der Waals surface area contributed by atoms with E-state index in [1.165, 1.54) is 5.56 Å². The third-order valence-corrected chi connectivity index (χ3v) is 6.42. The Morgan fingerprint density at radius 1 is 1.15 bits per heavy atom. The highest BCUT2D eigenvalue weighted by Crippen LogP contribution is 2.30. The lowest BCUT2D eigenvalue weighted by atomic mass is 9.88. The van der Waals surface area contributed by atoms with E-state index in [2.05, 4.69) is 33.1 Å². The second kappa shape index (κ2) is 9.29. The fourth-order valence-electron chi connectivity index (χ4n) is 4.39. The van der Waals surface area contributed by atoms with Crippen LogP contribution in [0.5, 0.6) is 0 Å². The molecule has 1 saturated heterocycles. The third kappa shape index (κ3) is 4.51. The Morgan fingerprint density at radius 2 is 1.85 bits per heavy atom. The highest BCUT2D eigenvalue weighted by Gasteiger charge is 2.26. The molecule has 2 N–H and O–H groups in total. The maximum atomic E-state index is 13.4. The number of aromatic nitrogens is 3. The number of aryl methyl sites for hydroxylation is 2. The van der Waals surface area contributed by atoms with Crippen molar-refractivity contribution < 1.29 is 4.79 Å². The van der Waals surface area contributed by atoms with Gasteiger partial charge in [0.25, 0.3) is 5.91 Å². The van der Waals surface area contributed by atoms with Crippen molar-refractivity contribution in [2.45, 2.75) is 32.6 Å². The van der Waals surface area contributed by atoms with Gasteiger partial charge in [0.15, 0.2) is 11.6 Å². The topological polar surface area (TPSA) is 97.7 Å². The molecule has 2 aromatic carbocycles. The zero-order valence-corrected chi connectivity index (χ0v) is 19.3. The van der Waals surface area contributed by atoms with E-state index in [-0.39, 0.29) is 5.91 Å². The van der Waals surface area contributed by atoms with Gasteiger partial charge in [0.05, 0.1) is 17.3 Å². The largest absolute Gasteiger partial charge is 0.386 e. The number of carbonyl (C=O) groups is 1. The first kappa shape index (κ1) is 22.3. The predicted molar refractivity (Wildman–Crippen MR) is 128 cm³/mol. The average molecular weight is 441 g/mol. The van der Waals surface area contributed by atoms with Gasteiger partial charge in [0.2, 0.25) is 0 Å². The molecule has 4 rings (SSSR count). The van der Waals surface area contributed by atoms with Crippen molar-refractivity contribution >= 4 is 11.6 Å². The van der Waals surface area contributed by atoms with Crippen molar-refractivity contribution in [1.29, 1.82) is 5.26 Å². The van der Waals surface area contributed by atoms with E-state index in [4.69, 9.17) is 5.26 Å². The number of H-pyrrole nitrogens is 1. The van der Waals surface area contributed by atoms with Crippen LogP contribution in [0.2, 0.25) is 0 Å². The molecule has 33 heavy (non-hydrogen) atoms. The molecule has 0 saturated carbocycles. The number of nitriles is 1. The molecule has 0 spiro atoms. The molecule has 0 bridgehead atoms. The van der Waals surface area contributed by atoms with Gasteiger partial charge in [-0.05, 0) is 67.5 Å². The summed E-state index contributed by atoms with van der Waals surface area (Å²) in [7, 11) is 1.78. The first-order chi connectivity index (χ1) is 15.9. The fourth-order valence-corrected chi connectivity index (χ4v) is 4.39. The molecule has 1 aliphatic heterocycles. The van der Waals surface area contributed by atoms with Gasteiger partial charge in [0, 0.05) is 31.3 Å². The average Bonchev–Trinajstić information content (AvgIpc) is 3.33. The van der Waals surface area contributed by atoms with Crippen molar-refractivity contribution in [2.75, 3.05) is 20.1 Å². The lowest BCUT2D eigenvalue weighted by Crippen LogP contribution is -2.38. The van der Waals surface area contributed by atoms with E-state index in [1.54, 1.807) is 7.05 Å². The molecule has 1 aliphatic rings. The predicted octanol–water partition coefficient (Wildman–Crippen LogP) is 4.17. The maximum Gasteiger partial charge on any atom is 0.254 e. The van der Waals surface area contributed by atoms with Gasteiger partial charge in [-0.2, -0.15) is 5.26 Å². The van der Waals surface area contributed by atoms with Gasteiger partial charge < -0.3 is 15.2 Å². The Bertz CT molecular complexity index is 1230. The molecule has 168 valence electrons. The molecule has 0 unspecified atom stereocenters. The Morgan fingerprint density at radius 3 is 2.48 bits per heavy atom. The summed E-state index contributed by atoms with van der Waals surface area (Å²) in [5.74, 6) is 1.65. The quantitative estimate of drug-likeness (QED) is 0.621. The monoisotopic (exact) mass is 440 g/mol. The number of likely N-dealkylation sites (tertiary alicyclic amines) is 1. The van der Waals surface area contributed by atoms with Crippen molar-refractivity contribution in [2.24, 2.45) is 0 Å². The molecular formula is C26H28N6O. The van der Waals surface area contributed by atoms with E-state index >= 15 is 0 Å². The Balaban J connectivity index is 1.51. The summed E-state index contributed by atoms with van der Waals surface area (Å²) in [5.41, 5.74) is 6.10. The summed E-state index contributed by atoms with van der Waals surface area (Å²) in [6, 6.07) is 13.9. The molecule has 0 radical (unpaired) electrons. The number of rotatable bonds is 5. The Labute approximate surface area is 194 Å². The number of piperidine rings is 1. The van der Waals surface area contributed by atoms with E-state index in [0.29, 0.717) is 47.5 Å². The summed E-state index contributed by atoms with van der Waals surface area (Å²) >= 11 is 0. The lowest BCUT2D eigenvalue weighted by Gasteiger charge is -2.32. The molecular weight excluding hydrogens is 412 g/mol. The van der Waals surface area contributed by atoms with Gasteiger partial charge in [-0.1, -0.05) is 24.8 Å². The van der Waals surface area contributed by atoms with E-state index in [9.17, 15) is 4.79 Å². The molecule has 1 aromatic heterocycles. The van der Waals surface area contributed by atoms with Crippen LogP contribution in [0.3, 0.4) is 0 Å². The second-order valence-electron chi connectivity index (χ2n) is 8.53. The Kier molecular flexibility index (Phi) is 6.27. The first-order valence-corrected chi connectivity index (χ1v) is 11.1. The van der Waals surface area contributed by atoms with Gasteiger partial charge in [-0.15, -0.1) is 10.2 Å². The molecule has 0 atom stereocenters. The van der Waals surface area contributed by atoms with Crippen LogP contribution in [0, 0.1) is 25.2 Å². The van der Waals surface area contributed by atoms with Crippen molar-refractivity contribution in [3.05, 3.63) is 76.6 Å². The Hall–Kier alpha value is -3.92. The van der Waals surface area contributed by atoms with Crippen LogP contribution < -0.4 is 5.32 Å². The summed E-state index contributed by atoms with van der Waals surface area (Å²) < 4.78 is 0. The molecule has 7 heteroatoms. The summed E-state index contributed by atoms with van der Waals surface area (Å²) in [5, 5.41) is 20.4. The molecule has 1 amide bonds. The lowest BCUT2D eigenvalue weighted by molar-refractivity contribution is 0.0712. The highest BCUT2D eigenvalue weighted by molar-refractivity contribution is 5.97. The molecule has 7 nitrogen and oxygen atoms in total. The number of nitrogens with one attached hydrogen (secondary N) is 2. The highest BCUT2D eigenvalue weighted by atomic mass is 16.2. The number of carbonyl (C=O) groups excluding carboxylic acids is 1. The zero-order chi connectivity index (χ0) is 23.5. The van der Waals surface area contributed by atoms with Crippen molar-refractivity contribution in [3.8, 4) is 17.5 Å². The van der Waals surface area contributed by atoms with E-state index in [0.717, 1.165) is 29.5 Å². The number of amides is 1. The van der Waals surface area contributed by atoms with Gasteiger partial charge in [-0.3, -0.25) is 4.79 Å². The van der Waals surface area contributed by atoms with Crippen LogP contribution in [0.1, 0.15) is 57.2 Å². The SMILES string of the molecule is C=C(NC)c1nnc(-c2cc(C(=O)N3CCC(c4ccc(C#N)cc4)CC3)c(C)cc2C)[nH]1. The summed E-state index contributed by atoms with van der Waals surface area (Å²) in [6.45, 7) is 9.31. The van der Waals surface area contributed by atoms with Gasteiger partial charge in [0.1, 0.15) is 0 Å². The van der Waals surface area contributed by atoms with Crippen LogP contribution in [0.15, 0.2) is 43.0 Å². The number of aromatic amines is 1. The number of nitrogens with zero attached hydrogens (tertiary/aromatic N) is 4. The van der Waals surface area contributed by atoms with Crippen LogP contribution in [0.25, 0.3) is 17.1 Å². The van der Waals surface area contributed by atoms with Crippen LogP contribution >= 0.6 is 0 Å². The smallest absolute Gasteiger partial charge is 0.254 e. The second-order valence-corrected chi connectivity index (χ2v) is 8.53. The van der Waals surface area contributed by atoms with E-state index in [1.807, 2.05) is 55.1 Å². The van der Waals surface area contributed by atoms with Crippen LogP contribution in [0.4, 0.5) is 0 Å². The van der Waals surface area contributed by atoms with Gasteiger partial charge in [-0.25, -0.2) is 0 Å². The number of benzene rings is 2. The normalized spacial score (nSPS) is 14.1. The van der Waals surface area contributed by atoms with Gasteiger partial charge >= 0.3 is 0 Å². The molecule has 1 fully saturated rings. The minimum absolute atomic E-state index is 0.0476. The van der Waals surface area contributed by atoms with Crippen molar-refractivity contribution in [3.63, 3.8) is 0 Å². The minimum Gasteiger partial charge on any atom is -0.386 e. The first-order valence-electron chi connectivity index (χ1n) is 11.1. The van der Waals surface area contributed by atoms with Crippen molar-refractivity contribution in [1.82, 2.24) is 25.4 Å². The number of hydrogen-bond acceptors (Lipinski definition) is 5. The fraction of sp³-hybridized carbons (Fsp3) is 0.308. The van der Waals surface area contributed by atoms with Crippen LogP contribution in [-0.4, -0.2) is 46.1 Å². The standard InChI is InChI=1S/C26H28N6O/c1-16-13-17(2)23(14-22(16)25-29-24(30-31-25)18(3)28-4)26(33)32-11-9-21(10-12-32)20-7-5-19(15-27)6-8-20/h5-8,13-14,21,28H,3,9-12H2,1-2,4H3,(H,29,30,31). The third-order valence-electron chi connectivity index (χ3n) is 6.42. The summed E-state index contributed by atoms with van der Waals surface area (Å²) in [6.07, 6.45) is 1.82. The minimum atomic E-state index is 0.0476. The molecule has 3 aromatic rings. The maximum absolute atomic E-state index is 13.4. The molecule has 0 aliphatic carbocycles. The zero-order valence-electron chi connectivity index (χ0n) is 19.3.